The number of hydrogen-bond acceptors (Lipinski definition) is 4. The van der Waals surface area contributed by atoms with Crippen LogP contribution in [0.25, 0.3) is 0 Å². The first-order chi connectivity index (χ1) is 9.96. The second-order valence-electron chi connectivity index (χ2n) is 5.67. The third kappa shape index (κ3) is 5.88. The fraction of sp³-hybridized carbons (Fsp3) is 0.688. The second kappa shape index (κ2) is 10.2. The van der Waals surface area contributed by atoms with E-state index in [-0.39, 0.29) is 24.4 Å². The zero-order valence-corrected chi connectivity index (χ0v) is 15.7. The molecule has 0 spiro atoms. The Morgan fingerprint density at radius 2 is 2.05 bits per heavy atom. The first-order valence-electron chi connectivity index (χ1n) is 7.79. The van der Waals surface area contributed by atoms with E-state index in [0.717, 1.165) is 19.5 Å². The molecule has 2 unspecified atom stereocenters. The second-order valence-corrected chi connectivity index (χ2v) is 6.45. The van der Waals surface area contributed by atoms with Gasteiger partial charge in [0, 0.05) is 6.54 Å². The highest BCUT2D eigenvalue weighted by Gasteiger charge is 2.28. The average molecular weight is 348 g/mol. The molecule has 1 amide bonds. The summed E-state index contributed by atoms with van der Waals surface area (Å²) in [6.07, 6.45) is 1.61. The molecule has 22 heavy (non-hydrogen) atoms. The molecule has 3 N–H and O–H groups in total. The third-order valence-corrected chi connectivity index (χ3v) is 4.63. The van der Waals surface area contributed by atoms with Crippen molar-refractivity contribution in [2.75, 3.05) is 19.6 Å². The van der Waals surface area contributed by atoms with Crippen LogP contribution in [0.5, 0.6) is 0 Å². The maximum Gasteiger partial charge on any atom is 0.239 e. The Kier molecular flexibility index (Phi) is 9.92. The smallest absolute Gasteiger partial charge is 0.239 e. The van der Waals surface area contributed by atoms with Crippen molar-refractivity contribution in [1.29, 1.82) is 0 Å². The summed E-state index contributed by atoms with van der Waals surface area (Å²) in [4.78, 5) is 14.6. The SMILES string of the molecule is CCCC(C)(N)C(=O)NCC(c1ccsc1)N(CC)CC.Cl. The van der Waals surface area contributed by atoms with E-state index in [0.29, 0.717) is 13.0 Å². The van der Waals surface area contributed by atoms with Crippen LogP contribution < -0.4 is 11.1 Å². The van der Waals surface area contributed by atoms with Gasteiger partial charge in [-0.2, -0.15) is 11.3 Å². The Labute approximate surface area is 144 Å². The van der Waals surface area contributed by atoms with Crippen molar-refractivity contribution in [3.05, 3.63) is 22.4 Å². The Morgan fingerprint density at radius 1 is 1.41 bits per heavy atom. The molecule has 1 aromatic heterocycles. The quantitative estimate of drug-likeness (QED) is 0.721. The van der Waals surface area contributed by atoms with E-state index in [4.69, 9.17) is 5.73 Å². The fourth-order valence-corrected chi connectivity index (χ4v) is 3.32. The Balaban J connectivity index is 0.00000441. The zero-order valence-electron chi connectivity index (χ0n) is 14.1. The van der Waals surface area contributed by atoms with Crippen LogP contribution in [0.1, 0.15) is 52.1 Å². The van der Waals surface area contributed by atoms with Crippen LogP contribution in [0.3, 0.4) is 0 Å². The lowest BCUT2D eigenvalue weighted by atomic mass is 9.96. The van der Waals surface area contributed by atoms with Crippen molar-refractivity contribution in [3.8, 4) is 0 Å². The van der Waals surface area contributed by atoms with Gasteiger partial charge in [-0.25, -0.2) is 0 Å². The minimum Gasteiger partial charge on any atom is -0.353 e. The molecule has 0 fully saturated rings. The molecule has 0 aliphatic rings. The highest BCUT2D eigenvalue weighted by Crippen LogP contribution is 2.22. The standard InChI is InChI=1S/C16H29N3OS.ClH/c1-5-9-16(4,17)15(20)18-11-14(19(6-2)7-3)13-8-10-21-12-13;/h8,10,12,14H,5-7,9,11,17H2,1-4H3,(H,18,20);1H. The number of nitrogens with two attached hydrogens (primary N) is 1. The first kappa shape index (κ1) is 21.4. The minimum atomic E-state index is -0.781. The largest absolute Gasteiger partial charge is 0.353 e. The summed E-state index contributed by atoms with van der Waals surface area (Å²) in [6, 6.07) is 2.35. The van der Waals surface area contributed by atoms with Gasteiger partial charge in [0.1, 0.15) is 0 Å². The molecular formula is C16H30ClN3OS. The molecule has 6 heteroatoms. The number of nitrogens with zero attached hydrogens (tertiary/aromatic N) is 1. The Hall–Kier alpha value is -0.620. The van der Waals surface area contributed by atoms with Crippen molar-refractivity contribution in [1.82, 2.24) is 10.2 Å². The van der Waals surface area contributed by atoms with Gasteiger partial charge in [0.2, 0.25) is 5.91 Å². The molecule has 0 aliphatic carbocycles. The zero-order chi connectivity index (χ0) is 15.9. The van der Waals surface area contributed by atoms with Gasteiger partial charge in [-0.1, -0.05) is 27.2 Å². The van der Waals surface area contributed by atoms with E-state index in [1.54, 1.807) is 11.3 Å². The third-order valence-electron chi connectivity index (χ3n) is 3.93. The van der Waals surface area contributed by atoms with Crippen molar-refractivity contribution >= 4 is 29.7 Å². The number of nitrogens with one attached hydrogen (secondary N) is 1. The number of likely N-dealkylation sites (N-methyl/N-ethyl adjacent to an activating group) is 1. The molecule has 0 aromatic carbocycles. The number of thiophene rings is 1. The molecule has 0 saturated carbocycles. The lowest BCUT2D eigenvalue weighted by Gasteiger charge is -2.31. The summed E-state index contributed by atoms with van der Waals surface area (Å²) in [6.45, 7) is 10.7. The predicted octanol–water partition coefficient (Wildman–Crippen LogP) is 3.19. The van der Waals surface area contributed by atoms with Crippen molar-refractivity contribution in [2.24, 2.45) is 5.73 Å². The van der Waals surface area contributed by atoms with E-state index in [1.807, 2.05) is 13.8 Å². The average Bonchev–Trinajstić information content (AvgIpc) is 2.96. The van der Waals surface area contributed by atoms with E-state index in [9.17, 15) is 4.79 Å². The van der Waals surface area contributed by atoms with Crippen molar-refractivity contribution < 1.29 is 4.79 Å². The van der Waals surface area contributed by atoms with E-state index in [1.165, 1.54) is 5.56 Å². The van der Waals surface area contributed by atoms with Crippen LogP contribution in [0.4, 0.5) is 0 Å². The van der Waals surface area contributed by atoms with Crippen molar-refractivity contribution in [2.45, 2.75) is 52.1 Å². The molecule has 4 nitrogen and oxygen atoms in total. The van der Waals surface area contributed by atoms with Gasteiger partial charge < -0.3 is 11.1 Å². The van der Waals surface area contributed by atoms with Gasteiger partial charge in [-0.3, -0.25) is 9.69 Å². The van der Waals surface area contributed by atoms with Crippen molar-refractivity contribution in [3.63, 3.8) is 0 Å². The number of carbonyl (C=O) groups is 1. The molecule has 128 valence electrons. The summed E-state index contributed by atoms with van der Waals surface area (Å²) in [5, 5.41) is 7.28. The van der Waals surface area contributed by atoms with Gasteiger partial charge in [0.05, 0.1) is 11.6 Å². The minimum absolute atomic E-state index is 0. The highest BCUT2D eigenvalue weighted by molar-refractivity contribution is 7.07. The monoisotopic (exact) mass is 347 g/mol. The summed E-state index contributed by atoms with van der Waals surface area (Å²) < 4.78 is 0. The molecule has 2 atom stereocenters. The topological polar surface area (TPSA) is 58.4 Å². The number of amides is 1. The van der Waals surface area contributed by atoms with Crippen LogP contribution in [-0.2, 0) is 4.79 Å². The van der Waals surface area contributed by atoms with Crippen LogP contribution in [0, 0.1) is 0 Å². The lowest BCUT2D eigenvalue weighted by molar-refractivity contribution is -0.126. The summed E-state index contributed by atoms with van der Waals surface area (Å²) in [7, 11) is 0. The van der Waals surface area contributed by atoms with Crippen LogP contribution in [-0.4, -0.2) is 36.0 Å². The van der Waals surface area contributed by atoms with Gasteiger partial charge in [0.25, 0.3) is 0 Å². The fourth-order valence-electron chi connectivity index (χ4n) is 2.61. The maximum atomic E-state index is 12.3. The van der Waals surface area contributed by atoms with Crippen LogP contribution in [0.15, 0.2) is 16.8 Å². The molecule has 0 radical (unpaired) electrons. The maximum absolute atomic E-state index is 12.3. The Morgan fingerprint density at radius 3 is 2.50 bits per heavy atom. The molecule has 1 heterocycles. The summed E-state index contributed by atoms with van der Waals surface area (Å²) >= 11 is 1.69. The highest BCUT2D eigenvalue weighted by atomic mass is 35.5. The predicted molar refractivity (Wildman–Crippen MR) is 97.7 cm³/mol. The number of hydrogen-bond donors (Lipinski definition) is 2. The van der Waals surface area contributed by atoms with Gasteiger partial charge in [-0.15, -0.1) is 12.4 Å². The number of rotatable bonds is 9. The molecule has 0 bridgehead atoms. The molecule has 0 aliphatic heterocycles. The first-order valence-corrected chi connectivity index (χ1v) is 8.73. The van der Waals surface area contributed by atoms with Crippen LogP contribution >= 0.6 is 23.7 Å². The molecule has 0 saturated heterocycles. The molecule has 1 rings (SSSR count). The van der Waals surface area contributed by atoms with E-state index in [2.05, 4.69) is 40.9 Å². The van der Waals surface area contributed by atoms with E-state index >= 15 is 0 Å². The summed E-state index contributed by atoms with van der Waals surface area (Å²) in [5.74, 6) is -0.0586. The molecule has 1 aromatic rings. The van der Waals surface area contributed by atoms with Crippen LogP contribution in [0.2, 0.25) is 0 Å². The molecular weight excluding hydrogens is 318 g/mol. The summed E-state index contributed by atoms with van der Waals surface area (Å²) in [5.41, 5.74) is 6.57. The van der Waals surface area contributed by atoms with E-state index < -0.39 is 5.54 Å². The Bertz CT molecular complexity index is 419. The van der Waals surface area contributed by atoms with Gasteiger partial charge >= 0.3 is 0 Å². The normalized spacial score (nSPS) is 15.0. The van der Waals surface area contributed by atoms with Gasteiger partial charge in [0.15, 0.2) is 0 Å². The number of carbonyl (C=O) groups excluding carboxylic acids is 1. The van der Waals surface area contributed by atoms with Gasteiger partial charge in [-0.05, 0) is 48.8 Å². The lowest BCUT2D eigenvalue weighted by Crippen LogP contribution is -2.53. The number of halogens is 1.